The fraction of sp³-hybridized carbons (Fsp3) is 0.667. The zero-order valence-corrected chi connectivity index (χ0v) is 7.42. The van der Waals surface area contributed by atoms with Gasteiger partial charge in [-0.15, -0.1) is 0 Å². The van der Waals surface area contributed by atoms with Gasteiger partial charge in [0.25, 0.3) is 0 Å². The molecule has 0 saturated carbocycles. The summed E-state index contributed by atoms with van der Waals surface area (Å²) in [5.41, 5.74) is 0.144. The molecule has 1 aromatic heterocycles. The first-order chi connectivity index (χ1) is 5.17. The van der Waals surface area contributed by atoms with E-state index in [4.69, 9.17) is 4.42 Å². The van der Waals surface area contributed by atoms with Gasteiger partial charge in [-0.3, -0.25) is 0 Å². The predicted octanol–water partition coefficient (Wildman–Crippen LogP) is 2.75. The third kappa shape index (κ3) is 1.82. The molecule has 0 spiro atoms. The zero-order valence-electron chi connectivity index (χ0n) is 7.42. The molecule has 0 unspecified atom stereocenters. The van der Waals surface area contributed by atoms with Crippen LogP contribution in [0.25, 0.3) is 0 Å². The normalized spacial score (nSPS) is 11.9. The Morgan fingerprint density at radius 1 is 1.55 bits per heavy atom. The molecular weight excluding hydrogens is 138 g/mol. The summed E-state index contributed by atoms with van der Waals surface area (Å²) in [5, 5.41) is 0. The second-order valence-corrected chi connectivity index (χ2v) is 3.50. The van der Waals surface area contributed by atoms with Crippen molar-refractivity contribution in [3.8, 4) is 0 Å². The lowest BCUT2D eigenvalue weighted by Crippen LogP contribution is -2.15. The van der Waals surface area contributed by atoms with Crippen molar-refractivity contribution in [1.82, 2.24) is 4.98 Å². The predicted molar refractivity (Wildman–Crippen MR) is 44.4 cm³/mol. The van der Waals surface area contributed by atoms with Crippen molar-refractivity contribution in [2.45, 2.75) is 39.0 Å². The van der Waals surface area contributed by atoms with Crippen LogP contribution in [-0.2, 0) is 5.41 Å². The summed E-state index contributed by atoms with van der Waals surface area (Å²) in [5.74, 6) is 0.986. The Labute approximate surface area is 67.6 Å². The molecule has 0 N–H and O–H groups in total. The molecule has 0 atom stereocenters. The Hall–Kier alpha value is -0.790. The lowest BCUT2D eigenvalue weighted by atomic mass is 9.86. The van der Waals surface area contributed by atoms with E-state index < -0.39 is 0 Å². The van der Waals surface area contributed by atoms with E-state index >= 15 is 0 Å². The smallest absolute Gasteiger partial charge is 0.180 e. The average molecular weight is 153 g/mol. The van der Waals surface area contributed by atoms with E-state index in [1.54, 1.807) is 6.20 Å². The molecule has 0 aliphatic heterocycles. The van der Waals surface area contributed by atoms with Gasteiger partial charge in [-0.2, -0.15) is 0 Å². The largest absolute Gasteiger partial charge is 0.448 e. The zero-order chi connectivity index (χ0) is 8.32. The van der Waals surface area contributed by atoms with Crippen LogP contribution in [0, 0.1) is 0 Å². The first kappa shape index (κ1) is 8.31. The first-order valence-electron chi connectivity index (χ1n) is 4.06. The maximum Gasteiger partial charge on any atom is 0.180 e. The van der Waals surface area contributed by atoms with Crippen molar-refractivity contribution in [2.24, 2.45) is 0 Å². The van der Waals surface area contributed by atoms with Gasteiger partial charge in [0.2, 0.25) is 0 Å². The molecule has 11 heavy (non-hydrogen) atoms. The van der Waals surface area contributed by atoms with Crippen molar-refractivity contribution in [3.05, 3.63) is 18.4 Å². The number of nitrogens with zero attached hydrogens (tertiary/aromatic N) is 1. The van der Waals surface area contributed by atoms with Crippen molar-refractivity contribution < 1.29 is 4.42 Å². The van der Waals surface area contributed by atoms with Crippen molar-refractivity contribution >= 4 is 0 Å². The number of hydrogen-bond acceptors (Lipinski definition) is 2. The monoisotopic (exact) mass is 153 g/mol. The van der Waals surface area contributed by atoms with Crippen LogP contribution in [-0.4, -0.2) is 4.98 Å². The van der Waals surface area contributed by atoms with Gasteiger partial charge < -0.3 is 4.42 Å². The summed E-state index contributed by atoms with van der Waals surface area (Å²) in [7, 11) is 0. The third-order valence-electron chi connectivity index (χ3n) is 1.97. The molecule has 1 aromatic rings. The molecule has 0 amide bonds. The average Bonchev–Trinajstić information content (AvgIpc) is 2.37. The third-order valence-corrected chi connectivity index (χ3v) is 1.97. The van der Waals surface area contributed by atoms with E-state index in [2.05, 4.69) is 25.8 Å². The summed E-state index contributed by atoms with van der Waals surface area (Å²) < 4.78 is 5.24. The van der Waals surface area contributed by atoms with Crippen molar-refractivity contribution in [1.29, 1.82) is 0 Å². The molecule has 2 nitrogen and oxygen atoms in total. The fourth-order valence-electron chi connectivity index (χ4n) is 1.30. The Bertz CT molecular complexity index is 201. The maximum absolute atomic E-state index is 5.24. The highest BCUT2D eigenvalue weighted by Gasteiger charge is 2.22. The Kier molecular flexibility index (Phi) is 2.32. The van der Waals surface area contributed by atoms with E-state index in [1.807, 2.05) is 0 Å². The van der Waals surface area contributed by atoms with E-state index in [-0.39, 0.29) is 5.41 Å². The standard InChI is InChI=1S/C9H15NO/c1-4-5-9(2,3)8-6-10-7-11-8/h6-7H,4-5H2,1-3H3. The van der Waals surface area contributed by atoms with Gasteiger partial charge in [0, 0.05) is 5.41 Å². The van der Waals surface area contributed by atoms with Crippen LogP contribution < -0.4 is 0 Å². The van der Waals surface area contributed by atoms with E-state index in [1.165, 1.54) is 12.8 Å². The summed E-state index contributed by atoms with van der Waals surface area (Å²) in [6, 6.07) is 0. The van der Waals surface area contributed by atoms with Crippen LogP contribution in [0.2, 0.25) is 0 Å². The quantitative estimate of drug-likeness (QED) is 0.667. The topological polar surface area (TPSA) is 26.0 Å². The van der Waals surface area contributed by atoms with E-state index in [0.29, 0.717) is 0 Å². The molecule has 0 aliphatic carbocycles. The second kappa shape index (κ2) is 3.07. The van der Waals surface area contributed by atoms with Gasteiger partial charge in [-0.05, 0) is 6.42 Å². The number of aromatic nitrogens is 1. The molecule has 2 heteroatoms. The van der Waals surface area contributed by atoms with Gasteiger partial charge in [-0.25, -0.2) is 4.98 Å². The first-order valence-corrected chi connectivity index (χ1v) is 4.06. The van der Waals surface area contributed by atoms with Crippen LogP contribution in [0.15, 0.2) is 17.0 Å². The summed E-state index contributed by atoms with van der Waals surface area (Å²) in [4.78, 5) is 3.90. The molecule has 0 saturated heterocycles. The molecule has 1 heterocycles. The van der Waals surface area contributed by atoms with Crippen molar-refractivity contribution in [2.75, 3.05) is 0 Å². The summed E-state index contributed by atoms with van der Waals surface area (Å²) in [6.45, 7) is 6.53. The van der Waals surface area contributed by atoms with Gasteiger partial charge in [0.05, 0.1) is 6.20 Å². The molecule has 0 aromatic carbocycles. The number of rotatable bonds is 3. The minimum atomic E-state index is 0.144. The molecule has 1 rings (SSSR count). The van der Waals surface area contributed by atoms with Crippen LogP contribution in [0.3, 0.4) is 0 Å². The molecule has 0 aliphatic rings. The van der Waals surface area contributed by atoms with Gasteiger partial charge in [-0.1, -0.05) is 27.2 Å². The lowest BCUT2D eigenvalue weighted by Gasteiger charge is -2.19. The highest BCUT2D eigenvalue weighted by Crippen LogP contribution is 2.27. The molecular formula is C9H15NO. The maximum atomic E-state index is 5.24. The lowest BCUT2D eigenvalue weighted by molar-refractivity contribution is 0.361. The second-order valence-electron chi connectivity index (χ2n) is 3.50. The van der Waals surface area contributed by atoms with Crippen molar-refractivity contribution in [3.63, 3.8) is 0 Å². The van der Waals surface area contributed by atoms with Gasteiger partial charge >= 0.3 is 0 Å². The van der Waals surface area contributed by atoms with Crippen LogP contribution in [0.1, 0.15) is 39.4 Å². The fourth-order valence-corrected chi connectivity index (χ4v) is 1.30. The molecule has 62 valence electrons. The van der Waals surface area contributed by atoms with Crippen LogP contribution in [0.5, 0.6) is 0 Å². The van der Waals surface area contributed by atoms with Gasteiger partial charge in [0.1, 0.15) is 5.76 Å². The Balaban J connectivity index is 2.73. The SMILES string of the molecule is CCCC(C)(C)c1cnco1. The Morgan fingerprint density at radius 3 is 2.73 bits per heavy atom. The van der Waals surface area contributed by atoms with Crippen LogP contribution >= 0.6 is 0 Å². The highest BCUT2D eigenvalue weighted by molar-refractivity contribution is 5.05. The van der Waals surface area contributed by atoms with E-state index in [0.717, 1.165) is 12.2 Å². The molecule has 0 fully saturated rings. The molecule has 0 bridgehead atoms. The summed E-state index contributed by atoms with van der Waals surface area (Å²) in [6.07, 6.45) is 5.61. The Morgan fingerprint density at radius 2 is 2.27 bits per heavy atom. The summed E-state index contributed by atoms with van der Waals surface area (Å²) >= 11 is 0. The number of hydrogen-bond donors (Lipinski definition) is 0. The molecule has 0 radical (unpaired) electrons. The van der Waals surface area contributed by atoms with Crippen LogP contribution in [0.4, 0.5) is 0 Å². The minimum Gasteiger partial charge on any atom is -0.448 e. The van der Waals surface area contributed by atoms with Gasteiger partial charge in [0.15, 0.2) is 6.39 Å². The van der Waals surface area contributed by atoms with E-state index in [9.17, 15) is 0 Å². The number of oxazole rings is 1. The minimum absolute atomic E-state index is 0.144. The highest BCUT2D eigenvalue weighted by atomic mass is 16.3.